The average Bonchev–Trinajstić information content (AvgIpc) is 3.04. The van der Waals surface area contributed by atoms with Gasteiger partial charge in [-0.15, -0.1) is 6.58 Å². The summed E-state index contributed by atoms with van der Waals surface area (Å²) in [6.07, 6.45) is 8.94. The molecule has 29 heavy (non-hydrogen) atoms. The smallest absolute Gasteiger partial charge is 0.121 e. The van der Waals surface area contributed by atoms with Gasteiger partial charge in [0, 0.05) is 41.3 Å². The highest BCUT2D eigenvalue weighted by Crippen LogP contribution is 2.33. The molecule has 0 N–H and O–H groups in total. The first kappa shape index (κ1) is 21.7. The zero-order chi connectivity index (χ0) is 20.6. The fraction of sp³-hybridized carbons (Fsp3) is 0.360. The molecule has 1 heterocycles. The van der Waals surface area contributed by atoms with Crippen LogP contribution < -0.4 is 4.74 Å². The van der Waals surface area contributed by atoms with E-state index in [0.29, 0.717) is 0 Å². The van der Waals surface area contributed by atoms with Gasteiger partial charge in [-0.1, -0.05) is 47.0 Å². The second-order valence-electron chi connectivity index (χ2n) is 7.65. The third-order valence-corrected chi connectivity index (χ3v) is 5.79. The van der Waals surface area contributed by atoms with Gasteiger partial charge in [0.1, 0.15) is 5.75 Å². The first-order chi connectivity index (χ1) is 14.1. The Kier molecular flexibility index (Phi) is 7.96. The predicted octanol–water partition coefficient (Wildman–Crippen LogP) is 6.66. The van der Waals surface area contributed by atoms with Gasteiger partial charge in [0.25, 0.3) is 0 Å². The summed E-state index contributed by atoms with van der Waals surface area (Å²) < 4.78 is 9.30. The van der Waals surface area contributed by atoms with E-state index < -0.39 is 0 Å². The van der Waals surface area contributed by atoms with E-state index in [1.807, 2.05) is 6.08 Å². The Hall–Kier alpha value is -2.04. The highest BCUT2D eigenvalue weighted by atomic mass is 79.9. The molecule has 0 aliphatic rings. The molecule has 0 aliphatic heterocycles. The average molecular weight is 455 g/mol. The van der Waals surface area contributed by atoms with Crippen LogP contribution in [0.4, 0.5) is 0 Å². The van der Waals surface area contributed by atoms with E-state index in [0.717, 1.165) is 36.3 Å². The van der Waals surface area contributed by atoms with Crippen LogP contribution in [0.1, 0.15) is 25.7 Å². The highest BCUT2D eigenvalue weighted by Gasteiger charge is 2.10. The lowest BCUT2D eigenvalue weighted by Crippen LogP contribution is -2.19. The Morgan fingerprint density at radius 1 is 1.07 bits per heavy atom. The summed E-state index contributed by atoms with van der Waals surface area (Å²) in [4.78, 5) is 2.31. The molecule has 3 rings (SSSR count). The van der Waals surface area contributed by atoms with E-state index in [1.54, 1.807) is 0 Å². The van der Waals surface area contributed by atoms with Gasteiger partial charge in [0.15, 0.2) is 0 Å². The lowest BCUT2D eigenvalue weighted by atomic mass is 10.1. The van der Waals surface area contributed by atoms with Crippen molar-refractivity contribution in [1.82, 2.24) is 9.47 Å². The highest BCUT2D eigenvalue weighted by molar-refractivity contribution is 9.10. The van der Waals surface area contributed by atoms with Gasteiger partial charge in [0.05, 0.1) is 12.1 Å². The Balaban J connectivity index is 1.52. The van der Waals surface area contributed by atoms with Gasteiger partial charge in [-0.05, 0) is 56.3 Å². The number of fused-ring (bicyclic) bond motifs is 1. The summed E-state index contributed by atoms with van der Waals surface area (Å²) >= 11 is 3.51. The maximum atomic E-state index is 6.02. The minimum atomic E-state index is 0.776. The second-order valence-corrected chi connectivity index (χ2v) is 8.57. The number of hydrogen-bond acceptors (Lipinski definition) is 2. The second kappa shape index (κ2) is 10.7. The van der Waals surface area contributed by atoms with Crippen molar-refractivity contribution in [1.29, 1.82) is 0 Å². The minimum Gasteiger partial charge on any atom is -0.494 e. The number of nitrogens with zero attached hydrogens (tertiary/aromatic N) is 2. The van der Waals surface area contributed by atoms with Crippen molar-refractivity contribution in [3.8, 4) is 16.9 Å². The molecule has 3 nitrogen and oxygen atoms in total. The largest absolute Gasteiger partial charge is 0.494 e. The summed E-state index contributed by atoms with van der Waals surface area (Å²) in [6, 6.07) is 14.9. The Morgan fingerprint density at radius 2 is 1.83 bits per heavy atom. The molecule has 0 aliphatic carbocycles. The number of aromatic nitrogens is 1. The zero-order valence-corrected chi connectivity index (χ0v) is 19.1. The molecule has 2 aromatic carbocycles. The van der Waals surface area contributed by atoms with Gasteiger partial charge in [0.2, 0.25) is 0 Å². The maximum absolute atomic E-state index is 6.02. The summed E-state index contributed by atoms with van der Waals surface area (Å²) in [5, 5.41) is 1.26. The molecule has 0 spiro atoms. The fourth-order valence-corrected chi connectivity index (χ4v) is 3.92. The van der Waals surface area contributed by atoms with Crippen LogP contribution in [0, 0.1) is 0 Å². The van der Waals surface area contributed by atoms with Crippen LogP contribution in [0.5, 0.6) is 5.75 Å². The number of benzene rings is 2. The van der Waals surface area contributed by atoms with E-state index in [-0.39, 0.29) is 0 Å². The number of likely N-dealkylation sites (N-methyl/N-ethyl adjacent to an activating group) is 1. The molecule has 0 unspecified atom stereocenters. The molecular weight excluding hydrogens is 424 g/mol. The third kappa shape index (κ3) is 5.97. The Bertz CT molecular complexity index is 930. The van der Waals surface area contributed by atoms with Crippen LogP contribution in [0.15, 0.2) is 65.8 Å². The van der Waals surface area contributed by atoms with Crippen molar-refractivity contribution < 1.29 is 4.74 Å². The van der Waals surface area contributed by atoms with Crippen molar-refractivity contribution in [2.75, 3.05) is 26.7 Å². The Labute approximate surface area is 183 Å². The van der Waals surface area contributed by atoms with E-state index in [9.17, 15) is 0 Å². The number of hydrogen-bond donors (Lipinski definition) is 0. The molecule has 4 heteroatoms. The minimum absolute atomic E-state index is 0.776. The molecule has 0 amide bonds. The van der Waals surface area contributed by atoms with Crippen molar-refractivity contribution in [2.24, 2.45) is 7.05 Å². The summed E-state index contributed by atoms with van der Waals surface area (Å²) in [5.74, 6) is 0.951. The normalized spacial score (nSPS) is 11.3. The standard InChI is InChI=1S/C25H31BrN2O/c1-4-15-27(2)16-7-5-6-8-17-29-22-13-14-23-24(19-28(3)25(23)18-22)20-9-11-21(26)12-10-20/h4,9-14,18-19H,1,5-8,15-17H2,2-3H3. The third-order valence-electron chi connectivity index (χ3n) is 5.26. The first-order valence-corrected chi connectivity index (χ1v) is 11.1. The monoisotopic (exact) mass is 454 g/mol. The number of rotatable bonds is 11. The SMILES string of the molecule is C=CCN(C)CCCCCCOc1ccc2c(-c3ccc(Br)cc3)cn(C)c2c1. The molecule has 1 aromatic heterocycles. The molecule has 3 aromatic rings. The van der Waals surface area contributed by atoms with Crippen LogP contribution >= 0.6 is 15.9 Å². The van der Waals surface area contributed by atoms with E-state index >= 15 is 0 Å². The lowest BCUT2D eigenvalue weighted by Gasteiger charge is -2.13. The van der Waals surface area contributed by atoms with Crippen LogP contribution in [0.25, 0.3) is 22.0 Å². The van der Waals surface area contributed by atoms with Crippen molar-refractivity contribution in [3.05, 3.63) is 65.8 Å². The van der Waals surface area contributed by atoms with Crippen LogP contribution in [0.2, 0.25) is 0 Å². The fourth-order valence-electron chi connectivity index (χ4n) is 3.65. The van der Waals surface area contributed by atoms with Crippen molar-refractivity contribution >= 4 is 26.8 Å². The number of aryl methyl sites for hydroxylation is 1. The topological polar surface area (TPSA) is 17.4 Å². The summed E-state index contributed by atoms with van der Waals surface area (Å²) in [6.45, 7) is 6.66. The van der Waals surface area contributed by atoms with E-state index in [1.165, 1.54) is 41.3 Å². The Morgan fingerprint density at radius 3 is 2.59 bits per heavy atom. The number of unbranched alkanes of at least 4 members (excludes halogenated alkanes) is 3. The first-order valence-electron chi connectivity index (χ1n) is 10.4. The molecular formula is C25H31BrN2O. The van der Waals surface area contributed by atoms with E-state index in [2.05, 4.69) is 94.7 Å². The lowest BCUT2D eigenvalue weighted by molar-refractivity contribution is 0.300. The molecule has 0 radical (unpaired) electrons. The summed E-state index contributed by atoms with van der Waals surface area (Å²) in [7, 11) is 4.24. The van der Waals surface area contributed by atoms with Gasteiger partial charge in [-0.3, -0.25) is 0 Å². The van der Waals surface area contributed by atoms with Gasteiger partial charge < -0.3 is 14.2 Å². The molecule has 154 valence electrons. The molecule has 0 fully saturated rings. The van der Waals surface area contributed by atoms with Crippen LogP contribution in [0.3, 0.4) is 0 Å². The maximum Gasteiger partial charge on any atom is 0.121 e. The predicted molar refractivity (Wildman–Crippen MR) is 128 cm³/mol. The number of halogens is 1. The van der Waals surface area contributed by atoms with Crippen molar-refractivity contribution in [2.45, 2.75) is 25.7 Å². The van der Waals surface area contributed by atoms with Gasteiger partial charge in [-0.2, -0.15) is 0 Å². The van der Waals surface area contributed by atoms with Crippen LogP contribution in [-0.2, 0) is 7.05 Å². The number of ether oxygens (including phenoxy) is 1. The van der Waals surface area contributed by atoms with Crippen LogP contribution in [-0.4, -0.2) is 36.2 Å². The molecule has 0 atom stereocenters. The van der Waals surface area contributed by atoms with E-state index in [4.69, 9.17) is 4.74 Å². The molecule has 0 saturated heterocycles. The molecule has 0 saturated carbocycles. The van der Waals surface area contributed by atoms with Gasteiger partial charge in [-0.25, -0.2) is 0 Å². The summed E-state index contributed by atoms with van der Waals surface area (Å²) in [5.41, 5.74) is 3.68. The van der Waals surface area contributed by atoms with Crippen molar-refractivity contribution in [3.63, 3.8) is 0 Å². The quantitative estimate of drug-likeness (QED) is 0.238. The zero-order valence-electron chi connectivity index (χ0n) is 17.5. The van der Waals surface area contributed by atoms with Gasteiger partial charge >= 0.3 is 0 Å². The molecule has 0 bridgehead atoms.